The zero-order chi connectivity index (χ0) is 24.6. The van der Waals surface area contributed by atoms with Gasteiger partial charge in [-0.2, -0.15) is 0 Å². The van der Waals surface area contributed by atoms with Crippen LogP contribution in [-0.2, 0) is 11.8 Å². The van der Waals surface area contributed by atoms with Crippen molar-refractivity contribution in [3.8, 4) is 5.88 Å². The van der Waals surface area contributed by atoms with Crippen molar-refractivity contribution < 1.29 is 9.53 Å². The molecule has 3 aromatic rings. The van der Waals surface area contributed by atoms with Gasteiger partial charge in [-0.1, -0.05) is 23.7 Å². The number of hydrogen-bond donors (Lipinski definition) is 1. The molecule has 8 nitrogen and oxygen atoms in total. The Balaban J connectivity index is 2.03. The van der Waals surface area contributed by atoms with Gasteiger partial charge in [0.05, 0.1) is 24.1 Å². The molecule has 4 rings (SSSR count). The maximum atomic E-state index is 13.8. The first-order valence-corrected chi connectivity index (χ1v) is 10.9. The maximum absolute atomic E-state index is 13.8. The van der Waals surface area contributed by atoms with Crippen molar-refractivity contribution in [2.24, 2.45) is 17.8 Å². The van der Waals surface area contributed by atoms with Crippen LogP contribution < -0.4 is 20.9 Å². The highest BCUT2D eigenvalue weighted by atomic mass is 35.5. The second kappa shape index (κ2) is 9.15. The molecular formula is C25H24ClN5O3. The average Bonchev–Trinajstić information content (AvgIpc) is 3.09. The van der Waals surface area contributed by atoms with E-state index in [1.165, 1.54) is 11.7 Å². The molecule has 9 heteroatoms. The fraction of sp³-hybridized carbons (Fsp3) is 0.200. The Hall–Kier alpha value is -3.91. The smallest absolute Gasteiger partial charge is 0.262 e. The van der Waals surface area contributed by atoms with Gasteiger partial charge < -0.3 is 15.0 Å². The Bertz CT molecular complexity index is 1360. The van der Waals surface area contributed by atoms with Crippen molar-refractivity contribution in [3.05, 3.63) is 92.6 Å². The van der Waals surface area contributed by atoms with Crippen LogP contribution >= 0.6 is 11.6 Å². The molecule has 174 valence electrons. The fourth-order valence-electron chi connectivity index (χ4n) is 4.05. The molecule has 1 saturated heterocycles. The molecule has 0 spiro atoms. The Morgan fingerprint density at radius 2 is 1.91 bits per heavy atom. The quantitative estimate of drug-likeness (QED) is 0.575. The summed E-state index contributed by atoms with van der Waals surface area (Å²) in [6.07, 6.45) is 3.23. The van der Waals surface area contributed by atoms with E-state index in [2.05, 4.69) is 4.98 Å². The van der Waals surface area contributed by atoms with Crippen LogP contribution in [0.2, 0.25) is 5.02 Å². The van der Waals surface area contributed by atoms with Crippen LogP contribution in [0.1, 0.15) is 24.1 Å². The van der Waals surface area contributed by atoms with Crippen LogP contribution in [0.3, 0.4) is 0 Å². The number of pyridine rings is 2. The number of methoxy groups -OCH3 is 1. The van der Waals surface area contributed by atoms with E-state index in [4.69, 9.17) is 27.1 Å². The van der Waals surface area contributed by atoms with Crippen molar-refractivity contribution >= 4 is 34.6 Å². The number of aromatic nitrogens is 2. The number of nitrogens with zero attached hydrogens (tertiary/aromatic N) is 4. The lowest BCUT2D eigenvalue weighted by Crippen LogP contribution is -2.31. The molecule has 0 aliphatic carbocycles. The predicted octanol–water partition coefficient (Wildman–Crippen LogP) is 3.84. The molecule has 2 aromatic heterocycles. The summed E-state index contributed by atoms with van der Waals surface area (Å²) in [5.41, 5.74) is 9.45. The molecule has 3 heterocycles. The molecule has 0 saturated carbocycles. The van der Waals surface area contributed by atoms with Gasteiger partial charge in [0.2, 0.25) is 5.88 Å². The minimum absolute atomic E-state index is 0.141. The minimum Gasteiger partial charge on any atom is -0.479 e. The number of nitrogens with two attached hydrogens (primary N) is 1. The summed E-state index contributed by atoms with van der Waals surface area (Å²) in [6.45, 7) is 3.38. The van der Waals surface area contributed by atoms with Crippen molar-refractivity contribution in [3.63, 3.8) is 0 Å². The number of halogens is 1. The van der Waals surface area contributed by atoms with Crippen molar-refractivity contribution in [2.45, 2.75) is 19.9 Å². The number of hydrogen-bond acceptors (Lipinski definition) is 6. The van der Waals surface area contributed by atoms with Gasteiger partial charge in [-0.15, -0.1) is 0 Å². The highest BCUT2D eigenvalue weighted by Gasteiger charge is 2.44. The van der Waals surface area contributed by atoms with Gasteiger partial charge in [-0.25, -0.2) is 9.98 Å². The molecule has 1 aliphatic heterocycles. The molecule has 1 aliphatic rings. The number of anilines is 1. The summed E-state index contributed by atoms with van der Waals surface area (Å²) >= 11 is 6.14. The highest BCUT2D eigenvalue weighted by molar-refractivity contribution is 6.36. The van der Waals surface area contributed by atoms with E-state index >= 15 is 0 Å². The Morgan fingerprint density at radius 3 is 2.53 bits per heavy atom. The number of allylic oxidation sites excluding steroid dienone is 1. The van der Waals surface area contributed by atoms with E-state index in [1.807, 2.05) is 12.1 Å². The molecule has 0 bridgehead atoms. The lowest BCUT2D eigenvalue weighted by atomic mass is 9.99. The minimum atomic E-state index is -0.625. The summed E-state index contributed by atoms with van der Waals surface area (Å²) in [6, 6.07) is 11.8. The third kappa shape index (κ3) is 4.08. The van der Waals surface area contributed by atoms with Crippen LogP contribution in [0.4, 0.5) is 11.4 Å². The lowest BCUT2D eigenvalue weighted by molar-refractivity contribution is -0.114. The van der Waals surface area contributed by atoms with Crippen molar-refractivity contribution in [1.82, 2.24) is 9.55 Å². The molecular weight excluding hydrogens is 454 g/mol. The standard InChI is InChI=1S/C25H24ClN5O3/c1-14-12-18(13-30(3)24(14)32)31-22(16-7-9-17(26)10-8-16)21(20(15(2)27)25(31)33)29-19-6-5-11-28-23(19)34-4/h5-13,22H,27H2,1-4H3. The fourth-order valence-corrected chi connectivity index (χ4v) is 4.18. The van der Waals surface area contributed by atoms with Gasteiger partial charge in [0.25, 0.3) is 11.5 Å². The monoisotopic (exact) mass is 477 g/mol. The van der Waals surface area contributed by atoms with Crippen LogP contribution in [0.25, 0.3) is 0 Å². The topological polar surface area (TPSA) is 103 Å². The predicted molar refractivity (Wildman–Crippen MR) is 133 cm³/mol. The Labute approximate surface area is 202 Å². The normalized spacial score (nSPS) is 18.5. The first-order chi connectivity index (χ1) is 16.2. The SMILES string of the molecule is COc1ncccc1N=C1C(=C(C)N)C(=O)N(c2cc(C)c(=O)n(C)c2)C1c1ccc(Cl)cc1. The number of carbonyl (C=O) groups excluding carboxylic acids is 1. The number of benzene rings is 1. The number of ether oxygens (including phenoxy) is 1. The number of aliphatic imine (C=N–C) groups is 1. The zero-order valence-electron chi connectivity index (χ0n) is 19.2. The number of amides is 1. The molecule has 1 fully saturated rings. The molecule has 34 heavy (non-hydrogen) atoms. The highest BCUT2D eigenvalue weighted by Crippen LogP contribution is 2.41. The van der Waals surface area contributed by atoms with E-state index in [1.54, 1.807) is 68.5 Å². The molecule has 1 unspecified atom stereocenters. The molecule has 1 atom stereocenters. The number of aryl methyl sites for hydroxylation is 2. The van der Waals surface area contributed by atoms with E-state index in [-0.39, 0.29) is 17.0 Å². The van der Waals surface area contributed by atoms with E-state index in [0.29, 0.717) is 39.2 Å². The largest absolute Gasteiger partial charge is 0.479 e. The van der Waals surface area contributed by atoms with Gasteiger partial charge in [0.15, 0.2) is 0 Å². The lowest BCUT2D eigenvalue weighted by Gasteiger charge is -2.25. The summed E-state index contributed by atoms with van der Waals surface area (Å²) in [5.74, 6) is 0.00216. The molecule has 1 aromatic carbocycles. The first-order valence-electron chi connectivity index (χ1n) is 10.5. The van der Waals surface area contributed by atoms with Gasteiger partial charge in [0, 0.05) is 35.7 Å². The average molecular weight is 478 g/mol. The molecule has 2 N–H and O–H groups in total. The third-order valence-corrected chi connectivity index (χ3v) is 5.85. The van der Waals surface area contributed by atoms with Crippen LogP contribution in [0.5, 0.6) is 5.88 Å². The number of rotatable bonds is 4. The summed E-state index contributed by atoms with van der Waals surface area (Å²) in [5, 5.41) is 0.566. The Kier molecular flexibility index (Phi) is 6.26. The van der Waals surface area contributed by atoms with Crippen molar-refractivity contribution in [1.29, 1.82) is 0 Å². The van der Waals surface area contributed by atoms with Crippen molar-refractivity contribution in [2.75, 3.05) is 12.0 Å². The zero-order valence-corrected chi connectivity index (χ0v) is 20.0. The maximum Gasteiger partial charge on any atom is 0.262 e. The van der Waals surface area contributed by atoms with Gasteiger partial charge >= 0.3 is 0 Å². The number of carbonyl (C=O) groups is 1. The second-order valence-electron chi connectivity index (χ2n) is 8.01. The first kappa shape index (κ1) is 23.3. The van der Waals surface area contributed by atoms with Gasteiger partial charge in [0.1, 0.15) is 11.7 Å². The van der Waals surface area contributed by atoms with E-state index < -0.39 is 6.04 Å². The molecule has 1 amide bonds. The second-order valence-corrected chi connectivity index (χ2v) is 8.45. The van der Waals surface area contributed by atoms with Crippen LogP contribution in [-0.4, -0.2) is 28.3 Å². The van der Waals surface area contributed by atoms with Gasteiger partial charge in [-0.3, -0.25) is 14.5 Å². The van der Waals surface area contributed by atoms with Gasteiger partial charge in [-0.05, 0) is 49.7 Å². The van der Waals surface area contributed by atoms with Crippen LogP contribution in [0, 0.1) is 6.92 Å². The summed E-state index contributed by atoms with van der Waals surface area (Å²) in [4.78, 5) is 36.8. The van der Waals surface area contributed by atoms with E-state index in [0.717, 1.165) is 5.56 Å². The summed E-state index contributed by atoms with van der Waals surface area (Å²) < 4.78 is 6.82. The Morgan fingerprint density at radius 1 is 1.21 bits per heavy atom. The summed E-state index contributed by atoms with van der Waals surface area (Å²) in [7, 11) is 3.16. The van der Waals surface area contributed by atoms with Crippen LogP contribution in [0.15, 0.2) is 75.9 Å². The van der Waals surface area contributed by atoms with E-state index in [9.17, 15) is 9.59 Å². The molecule has 0 radical (unpaired) electrons. The third-order valence-electron chi connectivity index (χ3n) is 5.60.